The summed E-state index contributed by atoms with van der Waals surface area (Å²) >= 11 is 0. The van der Waals surface area contributed by atoms with Gasteiger partial charge < -0.3 is 9.67 Å². The number of phenolic OH excluding ortho intramolecular Hbond substituents is 1. The van der Waals surface area contributed by atoms with Gasteiger partial charge in [0.1, 0.15) is 17.1 Å². The van der Waals surface area contributed by atoms with Gasteiger partial charge in [-0.3, -0.25) is 4.90 Å². The fourth-order valence-electron chi connectivity index (χ4n) is 3.68. The average molecular weight is 322 g/mol. The fourth-order valence-corrected chi connectivity index (χ4v) is 3.68. The second kappa shape index (κ2) is 6.24. The quantitative estimate of drug-likeness (QED) is 0.804. The summed E-state index contributed by atoms with van der Waals surface area (Å²) in [5.41, 5.74) is 3.24. The highest BCUT2D eigenvalue weighted by Gasteiger charge is 2.23. The number of hydrogen-bond donors (Lipinski definition) is 1. The number of likely N-dealkylation sites (tertiary alicyclic amines) is 1. The van der Waals surface area contributed by atoms with Crippen LogP contribution < -0.4 is 0 Å². The van der Waals surface area contributed by atoms with Crippen molar-refractivity contribution in [3.05, 3.63) is 54.0 Å². The molecule has 1 saturated heterocycles. The van der Waals surface area contributed by atoms with Crippen LogP contribution in [-0.2, 0) is 6.54 Å². The molecule has 0 unspecified atom stereocenters. The first-order chi connectivity index (χ1) is 11.7. The molecule has 2 aromatic heterocycles. The number of benzene rings is 1. The minimum Gasteiger partial charge on any atom is -0.508 e. The Hall–Kier alpha value is -2.40. The Morgan fingerprint density at radius 3 is 2.62 bits per heavy atom. The predicted octanol–water partition coefficient (Wildman–Crippen LogP) is 3.28. The summed E-state index contributed by atoms with van der Waals surface area (Å²) in [5.74, 6) is 1.38. The Morgan fingerprint density at radius 1 is 1.12 bits per heavy atom. The van der Waals surface area contributed by atoms with Crippen molar-refractivity contribution in [1.29, 1.82) is 0 Å². The van der Waals surface area contributed by atoms with Crippen LogP contribution in [0.15, 0.2) is 42.6 Å². The first kappa shape index (κ1) is 15.1. The van der Waals surface area contributed by atoms with Gasteiger partial charge in [-0.25, -0.2) is 9.97 Å². The zero-order valence-electron chi connectivity index (χ0n) is 13.9. The van der Waals surface area contributed by atoms with Crippen molar-refractivity contribution in [2.24, 2.45) is 0 Å². The zero-order chi connectivity index (χ0) is 16.5. The fraction of sp³-hybridized carbons (Fsp3) is 0.368. The molecule has 1 aliphatic heterocycles. The number of aryl methyl sites for hydroxylation is 1. The molecule has 0 atom stereocenters. The van der Waals surface area contributed by atoms with Crippen LogP contribution in [0.1, 0.15) is 30.3 Å². The van der Waals surface area contributed by atoms with Crippen molar-refractivity contribution in [3.63, 3.8) is 0 Å². The Kier molecular flexibility index (Phi) is 3.94. The third-order valence-electron chi connectivity index (χ3n) is 4.89. The van der Waals surface area contributed by atoms with E-state index in [9.17, 15) is 5.11 Å². The Balaban J connectivity index is 1.45. The van der Waals surface area contributed by atoms with Crippen LogP contribution in [0.3, 0.4) is 0 Å². The summed E-state index contributed by atoms with van der Waals surface area (Å²) in [6, 6.07) is 12.0. The molecule has 1 N–H and O–H groups in total. The summed E-state index contributed by atoms with van der Waals surface area (Å²) in [6.07, 6.45) is 4.07. The van der Waals surface area contributed by atoms with Crippen LogP contribution in [0.2, 0.25) is 0 Å². The van der Waals surface area contributed by atoms with E-state index in [1.807, 2.05) is 30.5 Å². The molecule has 0 amide bonds. The van der Waals surface area contributed by atoms with Crippen molar-refractivity contribution in [2.75, 3.05) is 13.1 Å². The van der Waals surface area contributed by atoms with E-state index in [4.69, 9.17) is 0 Å². The minimum atomic E-state index is 0.326. The lowest BCUT2D eigenvalue weighted by Gasteiger charge is -2.33. The van der Waals surface area contributed by atoms with E-state index < -0.39 is 0 Å². The molecule has 5 heteroatoms. The number of fused-ring (bicyclic) bond motifs is 1. The maximum absolute atomic E-state index is 9.39. The van der Waals surface area contributed by atoms with Crippen LogP contribution in [-0.4, -0.2) is 37.6 Å². The van der Waals surface area contributed by atoms with Gasteiger partial charge in [-0.15, -0.1) is 0 Å². The van der Waals surface area contributed by atoms with Crippen LogP contribution in [0.5, 0.6) is 5.75 Å². The highest BCUT2D eigenvalue weighted by molar-refractivity contribution is 5.71. The molecule has 0 radical (unpaired) electrons. The van der Waals surface area contributed by atoms with Gasteiger partial charge in [0.2, 0.25) is 0 Å². The molecule has 3 aromatic rings. The number of hydrogen-bond acceptors (Lipinski definition) is 4. The van der Waals surface area contributed by atoms with Gasteiger partial charge in [-0.2, -0.15) is 0 Å². The predicted molar refractivity (Wildman–Crippen MR) is 93.9 cm³/mol. The zero-order valence-corrected chi connectivity index (χ0v) is 13.9. The van der Waals surface area contributed by atoms with Crippen LogP contribution in [0.4, 0.5) is 0 Å². The number of rotatable bonds is 3. The lowest BCUT2D eigenvalue weighted by Crippen LogP contribution is -2.34. The highest BCUT2D eigenvalue weighted by atomic mass is 16.3. The molecular formula is C19H22N4O. The van der Waals surface area contributed by atoms with E-state index in [0.717, 1.165) is 49.5 Å². The van der Waals surface area contributed by atoms with Crippen molar-refractivity contribution < 1.29 is 5.11 Å². The molecule has 0 bridgehead atoms. The van der Waals surface area contributed by atoms with E-state index in [0.29, 0.717) is 11.8 Å². The van der Waals surface area contributed by atoms with Crippen LogP contribution >= 0.6 is 0 Å². The Labute approximate surface area is 141 Å². The third kappa shape index (κ3) is 2.87. The van der Waals surface area contributed by atoms with E-state index in [1.54, 1.807) is 12.1 Å². The summed E-state index contributed by atoms with van der Waals surface area (Å²) in [6.45, 7) is 5.15. The Morgan fingerprint density at radius 2 is 1.88 bits per heavy atom. The number of nitrogens with zero attached hydrogens (tertiary/aromatic N) is 4. The van der Waals surface area contributed by atoms with Crippen molar-refractivity contribution >= 4 is 11.2 Å². The molecular weight excluding hydrogens is 300 g/mol. The SMILES string of the molecule is Cc1nc2cccnc2n1C1CCN(Cc2ccc(O)cc2)CC1. The topological polar surface area (TPSA) is 54.2 Å². The normalized spacial score (nSPS) is 16.7. The van der Waals surface area contributed by atoms with Gasteiger partial charge in [0.05, 0.1) is 0 Å². The minimum absolute atomic E-state index is 0.326. The number of imidazole rings is 1. The van der Waals surface area contributed by atoms with E-state index in [-0.39, 0.29) is 0 Å². The van der Waals surface area contributed by atoms with Crippen molar-refractivity contribution in [1.82, 2.24) is 19.4 Å². The van der Waals surface area contributed by atoms with E-state index in [2.05, 4.69) is 26.4 Å². The molecule has 4 rings (SSSR count). The summed E-state index contributed by atoms with van der Waals surface area (Å²) in [7, 11) is 0. The van der Waals surface area contributed by atoms with Gasteiger partial charge in [0.15, 0.2) is 5.65 Å². The average Bonchev–Trinajstić information content (AvgIpc) is 2.93. The molecule has 5 nitrogen and oxygen atoms in total. The summed E-state index contributed by atoms with van der Waals surface area (Å²) < 4.78 is 2.31. The van der Waals surface area contributed by atoms with Gasteiger partial charge in [-0.1, -0.05) is 12.1 Å². The molecule has 3 heterocycles. The van der Waals surface area contributed by atoms with Gasteiger partial charge in [-0.05, 0) is 49.6 Å². The molecule has 1 aromatic carbocycles. The molecule has 24 heavy (non-hydrogen) atoms. The Bertz CT molecular complexity index is 832. The van der Waals surface area contributed by atoms with E-state index in [1.165, 1.54) is 5.56 Å². The first-order valence-corrected chi connectivity index (χ1v) is 8.50. The van der Waals surface area contributed by atoms with Gasteiger partial charge in [0, 0.05) is 31.9 Å². The number of aromatic nitrogens is 3. The van der Waals surface area contributed by atoms with E-state index >= 15 is 0 Å². The molecule has 1 aliphatic rings. The van der Waals surface area contributed by atoms with Crippen LogP contribution in [0.25, 0.3) is 11.2 Å². The molecule has 1 fully saturated rings. The third-order valence-corrected chi connectivity index (χ3v) is 4.89. The number of aromatic hydroxyl groups is 1. The largest absolute Gasteiger partial charge is 0.508 e. The summed E-state index contributed by atoms with van der Waals surface area (Å²) in [5, 5.41) is 9.39. The standard InChI is InChI=1S/C19H22N4O/c1-14-21-18-3-2-10-20-19(18)23(14)16-8-11-22(12-9-16)13-15-4-6-17(24)7-5-15/h2-7,10,16,24H,8-9,11-13H2,1H3. The molecule has 0 aliphatic carbocycles. The van der Waals surface area contributed by atoms with Gasteiger partial charge >= 0.3 is 0 Å². The number of phenols is 1. The molecule has 0 spiro atoms. The number of piperidine rings is 1. The van der Waals surface area contributed by atoms with Crippen LogP contribution in [0, 0.1) is 6.92 Å². The lowest BCUT2D eigenvalue weighted by atomic mass is 10.0. The smallest absolute Gasteiger partial charge is 0.160 e. The first-order valence-electron chi connectivity index (χ1n) is 8.50. The second-order valence-corrected chi connectivity index (χ2v) is 6.55. The maximum Gasteiger partial charge on any atom is 0.160 e. The molecule has 124 valence electrons. The maximum atomic E-state index is 9.39. The van der Waals surface area contributed by atoms with Crippen molar-refractivity contribution in [3.8, 4) is 5.75 Å². The summed E-state index contributed by atoms with van der Waals surface area (Å²) in [4.78, 5) is 11.7. The highest BCUT2D eigenvalue weighted by Crippen LogP contribution is 2.28. The lowest BCUT2D eigenvalue weighted by molar-refractivity contribution is 0.180. The second-order valence-electron chi connectivity index (χ2n) is 6.55. The number of pyridine rings is 1. The monoisotopic (exact) mass is 322 g/mol. The van der Waals surface area contributed by atoms with Crippen molar-refractivity contribution in [2.45, 2.75) is 32.4 Å². The van der Waals surface area contributed by atoms with Gasteiger partial charge in [0.25, 0.3) is 0 Å². The molecule has 0 saturated carbocycles.